The SMILES string of the molecule is Cl.NCC1(C(=O)N2CCC3(CCCCC3)C2)CCOCC1. The fourth-order valence-electron chi connectivity index (χ4n) is 4.42. The van der Waals surface area contributed by atoms with Crippen LogP contribution in [0.2, 0.25) is 0 Å². The van der Waals surface area contributed by atoms with Gasteiger partial charge in [0.1, 0.15) is 0 Å². The summed E-state index contributed by atoms with van der Waals surface area (Å²) < 4.78 is 5.42. The van der Waals surface area contributed by atoms with E-state index in [1.54, 1.807) is 0 Å². The van der Waals surface area contributed by atoms with Crippen LogP contribution in [0.3, 0.4) is 0 Å². The number of hydrogen-bond donors (Lipinski definition) is 1. The second-order valence-electron chi connectivity index (χ2n) is 7.13. The van der Waals surface area contributed by atoms with Crippen LogP contribution in [-0.4, -0.2) is 43.7 Å². The van der Waals surface area contributed by atoms with Gasteiger partial charge in [-0.1, -0.05) is 19.3 Å². The largest absolute Gasteiger partial charge is 0.381 e. The maximum absolute atomic E-state index is 13.0. The average molecular weight is 317 g/mol. The summed E-state index contributed by atoms with van der Waals surface area (Å²) in [4.78, 5) is 15.1. The standard InChI is InChI=1S/C16H28N2O2.ClH/c17-12-16(7-10-20-11-8-16)14(19)18-9-6-15(13-18)4-2-1-3-5-15;/h1-13,17H2;1H. The molecule has 0 radical (unpaired) electrons. The summed E-state index contributed by atoms with van der Waals surface area (Å²) in [6, 6.07) is 0. The number of ether oxygens (including phenoxy) is 1. The molecule has 0 unspecified atom stereocenters. The summed E-state index contributed by atoms with van der Waals surface area (Å²) >= 11 is 0. The lowest BCUT2D eigenvalue weighted by Crippen LogP contribution is -2.50. The fourth-order valence-corrected chi connectivity index (χ4v) is 4.42. The number of hydrogen-bond acceptors (Lipinski definition) is 3. The minimum absolute atomic E-state index is 0. The van der Waals surface area contributed by atoms with E-state index in [1.807, 2.05) is 0 Å². The molecule has 0 aromatic heterocycles. The molecule has 0 aromatic carbocycles. The van der Waals surface area contributed by atoms with Gasteiger partial charge in [-0.3, -0.25) is 4.79 Å². The van der Waals surface area contributed by atoms with Gasteiger partial charge >= 0.3 is 0 Å². The Morgan fingerprint density at radius 1 is 1.05 bits per heavy atom. The highest BCUT2D eigenvalue weighted by Gasteiger charge is 2.47. The van der Waals surface area contributed by atoms with Crippen molar-refractivity contribution in [3.63, 3.8) is 0 Å². The van der Waals surface area contributed by atoms with Crippen molar-refractivity contribution in [2.24, 2.45) is 16.6 Å². The van der Waals surface area contributed by atoms with Gasteiger partial charge < -0.3 is 15.4 Å². The van der Waals surface area contributed by atoms with Crippen LogP contribution in [0.15, 0.2) is 0 Å². The van der Waals surface area contributed by atoms with E-state index in [9.17, 15) is 4.79 Å². The van der Waals surface area contributed by atoms with E-state index in [0.717, 1.165) is 25.9 Å². The van der Waals surface area contributed by atoms with Gasteiger partial charge in [-0.15, -0.1) is 12.4 Å². The van der Waals surface area contributed by atoms with E-state index < -0.39 is 0 Å². The van der Waals surface area contributed by atoms with Crippen molar-refractivity contribution < 1.29 is 9.53 Å². The van der Waals surface area contributed by atoms with Crippen LogP contribution in [0.5, 0.6) is 0 Å². The van der Waals surface area contributed by atoms with E-state index in [2.05, 4.69) is 4.90 Å². The number of amides is 1. The monoisotopic (exact) mass is 316 g/mol. The molecule has 2 N–H and O–H groups in total. The topological polar surface area (TPSA) is 55.6 Å². The first-order valence-electron chi connectivity index (χ1n) is 8.27. The average Bonchev–Trinajstić information content (AvgIpc) is 2.91. The molecule has 0 bridgehead atoms. The third kappa shape index (κ3) is 3.22. The Balaban J connectivity index is 0.00000161. The van der Waals surface area contributed by atoms with Crippen LogP contribution >= 0.6 is 12.4 Å². The van der Waals surface area contributed by atoms with Gasteiger partial charge in [-0.05, 0) is 37.5 Å². The van der Waals surface area contributed by atoms with Crippen molar-refractivity contribution >= 4 is 18.3 Å². The van der Waals surface area contributed by atoms with Crippen molar-refractivity contribution in [2.75, 3.05) is 32.8 Å². The molecule has 122 valence electrons. The van der Waals surface area contributed by atoms with Gasteiger partial charge in [0.15, 0.2) is 0 Å². The third-order valence-corrected chi connectivity index (χ3v) is 5.93. The summed E-state index contributed by atoms with van der Waals surface area (Å²) in [7, 11) is 0. The first-order chi connectivity index (χ1) is 9.70. The van der Waals surface area contributed by atoms with Crippen molar-refractivity contribution in [2.45, 2.75) is 51.4 Å². The quantitative estimate of drug-likeness (QED) is 0.851. The number of carbonyl (C=O) groups excluding carboxylic acids is 1. The molecule has 3 fully saturated rings. The number of carbonyl (C=O) groups is 1. The highest BCUT2D eigenvalue weighted by molar-refractivity contribution is 5.85. The molecule has 2 aliphatic heterocycles. The van der Waals surface area contributed by atoms with Crippen LogP contribution in [0.25, 0.3) is 0 Å². The zero-order valence-corrected chi connectivity index (χ0v) is 13.8. The molecule has 4 nitrogen and oxygen atoms in total. The minimum Gasteiger partial charge on any atom is -0.381 e. The third-order valence-electron chi connectivity index (χ3n) is 5.93. The van der Waals surface area contributed by atoms with Gasteiger partial charge in [-0.2, -0.15) is 0 Å². The maximum Gasteiger partial charge on any atom is 0.230 e. The van der Waals surface area contributed by atoms with Gasteiger partial charge in [-0.25, -0.2) is 0 Å². The molecule has 1 saturated carbocycles. The molecule has 1 aliphatic carbocycles. The highest BCUT2D eigenvalue weighted by atomic mass is 35.5. The summed E-state index contributed by atoms with van der Waals surface area (Å²) in [6.07, 6.45) is 9.49. The van der Waals surface area contributed by atoms with Gasteiger partial charge in [0.05, 0.1) is 5.41 Å². The molecular formula is C16H29ClN2O2. The zero-order chi connectivity index (χ0) is 14.1. The normalized spacial score (nSPS) is 27.4. The molecule has 3 aliphatic rings. The second kappa shape index (κ2) is 6.84. The van der Waals surface area contributed by atoms with E-state index in [1.165, 1.54) is 38.5 Å². The number of halogens is 1. The molecule has 0 aromatic rings. The van der Waals surface area contributed by atoms with Crippen LogP contribution in [0.4, 0.5) is 0 Å². The van der Waals surface area contributed by atoms with Crippen LogP contribution in [-0.2, 0) is 9.53 Å². The number of likely N-dealkylation sites (tertiary alicyclic amines) is 1. The molecule has 1 amide bonds. The lowest BCUT2D eigenvalue weighted by molar-refractivity contribution is -0.146. The lowest BCUT2D eigenvalue weighted by atomic mass is 9.73. The summed E-state index contributed by atoms with van der Waals surface area (Å²) in [5.41, 5.74) is 6.08. The van der Waals surface area contributed by atoms with E-state index in [0.29, 0.717) is 31.1 Å². The van der Waals surface area contributed by atoms with Crippen molar-refractivity contribution in [1.29, 1.82) is 0 Å². The highest BCUT2D eigenvalue weighted by Crippen LogP contribution is 2.45. The lowest BCUT2D eigenvalue weighted by Gasteiger charge is -2.39. The first-order valence-corrected chi connectivity index (χ1v) is 8.27. The van der Waals surface area contributed by atoms with Gasteiger partial charge in [0.25, 0.3) is 0 Å². The Hall–Kier alpha value is -0.320. The smallest absolute Gasteiger partial charge is 0.230 e. The van der Waals surface area contributed by atoms with Crippen molar-refractivity contribution in [3.8, 4) is 0 Å². The summed E-state index contributed by atoms with van der Waals surface area (Å²) in [5.74, 6) is 0.311. The Labute approximate surface area is 134 Å². The van der Waals surface area contributed by atoms with Crippen LogP contribution in [0.1, 0.15) is 51.4 Å². The molecule has 2 heterocycles. The Morgan fingerprint density at radius 3 is 2.33 bits per heavy atom. The summed E-state index contributed by atoms with van der Waals surface area (Å²) in [5, 5.41) is 0. The predicted molar refractivity (Wildman–Crippen MR) is 85.5 cm³/mol. The Bertz CT molecular complexity index is 363. The predicted octanol–water partition coefficient (Wildman–Crippen LogP) is 2.35. The number of nitrogens with two attached hydrogens (primary N) is 1. The fraction of sp³-hybridized carbons (Fsp3) is 0.938. The van der Waals surface area contributed by atoms with Crippen LogP contribution < -0.4 is 5.73 Å². The molecule has 3 rings (SSSR count). The zero-order valence-electron chi connectivity index (χ0n) is 12.9. The van der Waals surface area contributed by atoms with Gasteiger partial charge in [0.2, 0.25) is 5.91 Å². The maximum atomic E-state index is 13.0. The minimum atomic E-state index is -0.335. The van der Waals surface area contributed by atoms with Crippen LogP contribution in [0, 0.1) is 10.8 Å². The molecule has 0 atom stereocenters. The Kier molecular flexibility index (Phi) is 5.55. The molecule has 1 spiro atoms. The van der Waals surface area contributed by atoms with E-state index in [4.69, 9.17) is 10.5 Å². The first kappa shape index (κ1) is 17.0. The van der Waals surface area contributed by atoms with Crippen molar-refractivity contribution in [1.82, 2.24) is 4.90 Å². The van der Waals surface area contributed by atoms with Gasteiger partial charge in [0, 0.05) is 32.8 Å². The molecule has 2 saturated heterocycles. The van der Waals surface area contributed by atoms with E-state index in [-0.39, 0.29) is 17.8 Å². The number of nitrogens with zero attached hydrogens (tertiary/aromatic N) is 1. The molecule has 5 heteroatoms. The van der Waals surface area contributed by atoms with Crippen molar-refractivity contribution in [3.05, 3.63) is 0 Å². The molecule has 21 heavy (non-hydrogen) atoms. The molecular weight excluding hydrogens is 288 g/mol. The summed E-state index contributed by atoms with van der Waals surface area (Å²) in [6.45, 7) is 3.76. The Morgan fingerprint density at radius 2 is 1.71 bits per heavy atom. The van der Waals surface area contributed by atoms with E-state index >= 15 is 0 Å². The number of rotatable bonds is 2. The second-order valence-corrected chi connectivity index (χ2v) is 7.13.